The molecule has 0 aromatic carbocycles. The minimum atomic E-state index is 0.881. The van der Waals surface area contributed by atoms with Crippen LogP contribution in [0.3, 0.4) is 0 Å². The lowest BCUT2D eigenvalue weighted by molar-refractivity contribution is 0.512. The zero-order valence-electron chi connectivity index (χ0n) is 45.2. The van der Waals surface area contributed by atoms with E-state index in [9.17, 15) is 0 Å². The average Bonchev–Trinajstić information content (AvgIpc) is 3.26. The van der Waals surface area contributed by atoms with Crippen LogP contribution >= 0.6 is 0 Å². The maximum absolute atomic E-state index is 2.42. The number of unbranched alkanes of at least 4 members (excludes halogenated alkanes) is 27. The zero-order valence-corrected chi connectivity index (χ0v) is 45.2. The van der Waals surface area contributed by atoms with E-state index in [2.05, 4.69) is 135 Å². The van der Waals surface area contributed by atoms with Crippen LogP contribution in [0.15, 0.2) is 72.9 Å². The van der Waals surface area contributed by atoms with E-state index < -0.39 is 0 Å². The zero-order chi connectivity index (χ0) is 46.8. The van der Waals surface area contributed by atoms with Crippen molar-refractivity contribution in [2.75, 3.05) is 0 Å². The maximum Gasteiger partial charge on any atom is -0.0169 e. The SMILES string of the molecule is CC/C=C\C/C=C\C/C=C\CCCCCCCCC(C)C.CCCCC/C=C\C/C=C\CCCCCCCCC(C)C.CCCCCCCC/C=C\CCCCCCCCC(C)C. The van der Waals surface area contributed by atoms with Crippen molar-refractivity contribution in [3.63, 3.8) is 0 Å². The molecule has 372 valence electrons. The summed E-state index contributed by atoms with van der Waals surface area (Å²) in [5, 5.41) is 0. The Labute approximate surface area is 401 Å². The summed E-state index contributed by atoms with van der Waals surface area (Å²) >= 11 is 0. The lowest BCUT2D eigenvalue weighted by Crippen LogP contribution is -1.87. The molecule has 0 atom stereocenters. The van der Waals surface area contributed by atoms with Gasteiger partial charge in [-0.1, -0.05) is 296 Å². The Hall–Kier alpha value is -1.56. The van der Waals surface area contributed by atoms with Gasteiger partial charge in [-0.2, -0.15) is 0 Å². The number of hydrogen-bond acceptors (Lipinski definition) is 0. The second-order valence-corrected chi connectivity index (χ2v) is 20.3. The lowest BCUT2D eigenvalue weighted by atomic mass is 10.0. The van der Waals surface area contributed by atoms with E-state index in [1.807, 2.05) is 0 Å². The Morgan fingerprint density at radius 2 is 0.429 bits per heavy atom. The predicted molar refractivity (Wildman–Crippen MR) is 296 cm³/mol. The minimum absolute atomic E-state index is 0.881. The molecular formula is C63H120. The van der Waals surface area contributed by atoms with Crippen LogP contribution in [0.4, 0.5) is 0 Å². The summed E-state index contributed by atoms with van der Waals surface area (Å²) in [6.45, 7) is 20.7. The van der Waals surface area contributed by atoms with Crippen molar-refractivity contribution in [2.24, 2.45) is 17.8 Å². The van der Waals surface area contributed by atoms with Gasteiger partial charge in [0.05, 0.1) is 0 Å². The van der Waals surface area contributed by atoms with Gasteiger partial charge < -0.3 is 0 Å². The van der Waals surface area contributed by atoms with Gasteiger partial charge >= 0.3 is 0 Å². The molecule has 0 nitrogen and oxygen atoms in total. The molecule has 0 fully saturated rings. The molecule has 0 heterocycles. The van der Waals surface area contributed by atoms with E-state index >= 15 is 0 Å². The fraction of sp³-hybridized carbons (Fsp3) is 0.810. The highest BCUT2D eigenvalue weighted by molar-refractivity contribution is 4.97. The van der Waals surface area contributed by atoms with Gasteiger partial charge in [-0.25, -0.2) is 0 Å². The smallest absolute Gasteiger partial charge is 0.0169 e. The molecule has 0 saturated carbocycles. The Balaban J connectivity index is -0.000000857. The first kappa shape index (κ1) is 65.7. The van der Waals surface area contributed by atoms with Gasteiger partial charge in [-0.15, -0.1) is 0 Å². The Morgan fingerprint density at radius 3 is 0.714 bits per heavy atom. The van der Waals surface area contributed by atoms with E-state index in [4.69, 9.17) is 0 Å². The Bertz CT molecular complexity index is 951. The molecular weight excluding hydrogens is 757 g/mol. The summed E-state index contributed by atoms with van der Waals surface area (Å²) in [5.41, 5.74) is 0. The van der Waals surface area contributed by atoms with Crippen molar-refractivity contribution in [1.82, 2.24) is 0 Å². The summed E-state index contributed by atoms with van der Waals surface area (Å²) in [6.07, 6.45) is 81.2. The highest BCUT2D eigenvalue weighted by Gasteiger charge is 1.97. The maximum atomic E-state index is 2.42. The predicted octanol–water partition coefficient (Wildman–Crippen LogP) is 23.5. The summed E-state index contributed by atoms with van der Waals surface area (Å²) in [4.78, 5) is 0. The second kappa shape index (κ2) is 62.5. The lowest BCUT2D eigenvalue weighted by Gasteiger charge is -2.03. The van der Waals surface area contributed by atoms with Gasteiger partial charge in [0.25, 0.3) is 0 Å². The summed E-state index contributed by atoms with van der Waals surface area (Å²) in [6, 6.07) is 0. The molecule has 0 heteroatoms. The van der Waals surface area contributed by atoms with Gasteiger partial charge in [-0.3, -0.25) is 0 Å². The Kier molecular flexibility index (Phi) is 65.2. The molecule has 63 heavy (non-hydrogen) atoms. The first-order valence-electron chi connectivity index (χ1n) is 28.7. The summed E-state index contributed by atoms with van der Waals surface area (Å²) < 4.78 is 0. The van der Waals surface area contributed by atoms with Crippen LogP contribution in [0.5, 0.6) is 0 Å². The van der Waals surface area contributed by atoms with Crippen molar-refractivity contribution in [3.05, 3.63) is 72.9 Å². The highest BCUT2D eigenvalue weighted by Crippen LogP contribution is 2.15. The van der Waals surface area contributed by atoms with E-state index in [0.717, 1.165) is 43.4 Å². The van der Waals surface area contributed by atoms with Crippen LogP contribution in [0, 0.1) is 17.8 Å². The van der Waals surface area contributed by atoms with Crippen LogP contribution in [-0.4, -0.2) is 0 Å². The molecule has 0 saturated heterocycles. The highest BCUT2D eigenvalue weighted by atomic mass is 14.0. The van der Waals surface area contributed by atoms with E-state index in [0.29, 0.717) is 0 Å². The number of allylic oxidation sites excluding steroid dienone is 12. The molecule has 0 aromatic heterocycles. The monoisotopic (exact) mass is 877 g/mol. The molecule has 0 aliphatic heterocycles. The number of hydrogen-bond donors (Lipinski definition) is 0. The van der Waals surface area contributed by atoms with Gasteiger partial charge in [0, 0.05) is 0 Å². The van der Waals surface area contributed by atoms with Gasteiger partial charge in [-0.05, 0) is 108 Å². The topological polar surface area (TPSA) is 0 Å². The average molecular weight is 878 g/mol. The fourth-order valence-electron chi connectivity index (χ4n) is 7.69. The van der Waals surface area contributed by atoms with E-state index in [1.165, 1.54) is 225 Å². The molecule has 0 bridgehead atoms. The van der Waals surface area contributed by atoms with Gasteiger partial charge in [0.15, 0.2) is 0 Å². The van der Waals surface area contributed by atoms with Crippen molar-refractivity contribution >= 4 is 0 Å². The molecule has 0 amide bonds. The molecule has 0 spiro atoms. The van der Waals surface area contributed by atoms with E-state index in [1.54, 1.807) is 0 Å². The fourth-order valence-corrected chi connectivity index (χ4v) is 7.69. The van der Waals surface area contributed by atoms with Crippen molar-refractivity contribution in [3.8, 4) is 0 Å². The molecule has 0 unspecified atom stereocenters. The molecule has 0 N–H and O–H groups in total. The second-order valence-electron chi connectivity index (χ2n) is 20.3. The van der Waals surface area contributed by atoms with Crippen LogP contribution in [0.2, 0.25) is 0 Å². The first-order chi connectivity index (χ1) is 30.8. The first-order valence-corrected chi connectivity index (χ1v) is 28.7. The third-order valence-corrected chi connectivity index (χ3v) is 12.0. The molecule has 0 rings (SSSR count). The third-order valence-electron chi connectivity index (χ3n) is 12.0. The molecule has 0 aromatic rings. The third kappa shape index (κ3) is 75.1. The molecule has 0 aliphatic rings. The quantitative estimate of drug-likeness (QED) is 0.0422. The molecule has 0 radical (unpaired) electrons. The summed E-state index contributed by atoms with van der Waals surface area (Å²) in [5.74, 6) is 2.66. The van der Waals surface area contributed by atoms with Crippen molar-refractivity contribution < 1.29 is 0 Å². The van der Waals surface area contributed by atoms with Crippen molar-refractivity contribution in [1.29, 1.82) is 0 Å². The normalized spacial score (nSPS) is 12.2. The molecule has 0 aliphatic carbocycles. The summed E-state index contributed by atoms with van der Waals surface area (Å²) in [7, 11) is 0. The van der Waals surface area contributed by atoms with Crippen LogP contribution in [-0.2, 0) is 0 Å². The standard InChI is InChI=1S/C21H42.C21H40.C21H38/c3*1-4-5-6-7-8-9-10-11-12-13-14-15-16-17-18-19-20-21(2)3/h11-12,21H,4-10,13-20H2,1-3H3;8-9,11-12,21H,4-7,10,13-20H2,1-3H3;5-6,8-9,11-12,21H,4,7,10,13-20H2,1-3H3/b12-11-;9-8-,12-11-;6-5-,9-8-,12-11-. The van der Waals surface area contributed by atoms with Crippen LogP contribution in [0.1, 0.15) is 313 Å². The van der Waals surface area contributed by atoms with Crippen LogP contribution in [0.25, 0.3) is 0 Å². The number of rotatable bonds is 45. The Morgan fingerprint density at radius 1 is 0.222 bits per heavy atom. The van der Waals surface area contributed by atoms with Crippen LogP contribution < -0.4 is 0 Å². The van der Waals surface area contributed by atoms with E-state index in [-0.39, 0.29) is 0 Å². The van der Waals surface area contributed by atoms with Gasteiger partial charge in [0.2, 0.25) is 0 Å². The van der Waals surface area contributed by atoms with Crippen molar-refractivity contribution in [2.45, 2.75) is 313 Å². The van der Waals surface area contributed by atoms with Gasteiger partial charge in [0.1, 0.15) is 0 Å². The minimum Gasteiger partial charge on any atom is -0.0885 e. The largest absolute Gasteiger partial charge is 0.0885 e.